The van der Waals surface area contributed by atoms with Crippen molar-refractivity contribution in [1.29, 1.82) is 0 Å². The Bertz CT molecular complexity index is 587. The van der Waals surface area contributed by atoms with Crippen molar-refractivity contribution in [2.24, 2.45) is 0 Å². The van der Waals surface area contributed by atoms with E-state index in [1.54, 1.807) is 11.0 Å². The predicted octanol–water partition coefficient (Wildman–Crippen LogP) is 1.77. The monoisotopic (exact) mass is 243 g/mol. The first-order chi connectivity index (χ1) is 8.75. The maximum atomic E-state index is 11.9. The molecule has 0 atom stereocenters. The van der Waals surface area contributed by atoms with Crippen molar-refractivity contribution >= 4 is 11.6 Å². The molecule has 0 spiro atoms. The Morgan fingerprint density at radius 3 is 2.78 bits per heavy atom. The van der Waals surface area contributed by atoms with E-state index < -0.39 is 0 Å². The van der Waals surface area contributed by atoms with Crippen molar-refractivity contribution in [1.82, 2.24) is 9.88 Å². The van der Waals surface area contributed by atoms with Crippen molar-refractivity contribution in [3.05, 3.63) is 36.2 Å². The number of aromatic nitrogens is 1. The normalized spacial score (nSPS) is 14.3. The zero-order chi connectivity index (χ0) is 12.5. The zero-order valence-corrected chi connectivity index (χ0v) is 9.80. The number of nitrogen functional groups attached to an aromatic ring is 1. The van der Waals surface area contributed by atoms with Gasteiger partial charge in [-0.25, -0.2) is 4.98 Å². The zero-order valence-electron chi connectivity index (χ0n) is 9.80. The highest BCUT2D eigenvalue weighted by Crippen LogP contribution is 2.25. The predicted molar refractivity (Wildman–Crippen MR) is 66.9 cm³/mol. The molecule has 2 heterocycles. The van der Waals surface area contributed by atoms with Gasteiger partial charge in [-0.1, -0.05) is 12.1 Å². The van der Waals surface area contributed by atoms with Gasteiger partial charge in [0.15, 0.2) is 5.69 Å². The molecule has 3 rings (SSSR count). The van der Waals surface area contributed by atoms with E-state index in [-0.39, 0.29) is 5.91 Å². The van der Waals surface area contributed by atoms with E-state index in [4.69, 9.17) is 10.2 Å². The first-order valence-corrected chi connectivity index (χ1v) is 5.85. The van der Waals surface area contributed by atoms with Gasteiger partial charge in [0.05, 0.1) is 5.56 Å². The van der Waals surface area contributed by atoms with Crippen LogP contribution in [0.3, 0.4) is 0 Å². The Hall–Kier alpha value is -2.30. The van der Waals surface area contributed by atoms with Gasteiger partial charge in [0.2, 0.25) is 5.89 Å². The van der Waals surface area contributed by atoms with E-state index in [0.717, 1.165) is 19.5 Å². The fourth-order valence-electron chi connectivity index (χ4n) is 1.87. The van der Waals surface area contributed by atoms with Crippen LogP contribution in [0.1, 0.15) is 16.9 Å². The summed E-state index contributed by atoms with van der Waals surface area (Å²) in [6.07, 6.45) is 2.45. The number of para-hydroxylation sites is 1. The second-order valence-electron chi connectivity index (χ2n) is 4.27. The number of likely N-dealkylation sites (tertiary alicyclic amines) is 1. The fourth-order valence-corrected chi connectivity index (χ4v) is 1.87. The molecule has 1 aromatic carbocycles. The van der Waals surface area contributed by atoms with Crippen LogP contribution in [0.25, 0.3) is 11.5 Å². The largest absolute Gasteiger partial charge is 0.444 e. The summed E-state index contributed by atoms with van der Waals surface area (Å²) in [5.41, 5.74) is 7.47. The number of benzene rings is 1. The molecule has 2 N–H and O–H groups in total. The molecular formula is C13H13N3O2. The Morgan fingerprint density at radius 1 is 1.33 bits per heavy atom. The number of carbonyl (C=O) groups is 1. The van der Waals surface area contributed by atoms with Crippen LogP contribution < -0.4 is 5.73 Å². The van der Waals surface area contributed by atoms with Crippen LogP contribution >= 0.6 is 0 Å². The summed E-state index contributed by atoms with van der Waals surface area (Å²) in [7, 11) is 0. The summed E-state index contributed by atoms with van der Waals surface area (Å²) < 4.78 is 5.33. The average molecular weight is 243 g/mol. The Balaban J connectivity index is 1.89. The van der Waals surface area contributed by atoms with Crippen molar-refractivity contribution in [2.75, 3.05) is 18.8 Å². The quantitative estimate of drug-likeness (QED) is 0.816. The average Bonchev–Trinajstić information content (AvgIpc) is 2.76. The Kier molecular flexibility index (Phi) is 2.51. The Labute approximate surface area is 104 Å². The third kappa shape index (κ3) is 1.73. The molecule has 0 radical (unpaired) electrons. The molecule has 1 saturated heterocycles. The summed E-state index contributed by atoms with van der Waals surface area (Å²) in [5, 5.41) is 0. The summed E-state index contributed by atoms with van der Waals surface area (Å²) in [6, 6.07) is 7.29. The highest BCUT2D eigenvalue weighted by Gasteiger charge is 2.24. The van der Waals surface area contributed by atoms with Crippen molar-refractivity contribution in [2.45, 2.75) is 6.42 Å². The molecule has 92 valence electrons. The van der Waals surface area contributed by atoms with Crippen molar-refractivity contribution in [3.8, 4) is 11.5 Å². The van der Waals surface area contributed by atoms with Gasteiger partial charge >= 0.3 is 0 Å². The summed E-state index contributed by atoms with van der Waals surface area (Å²) in [4.78, 5) is 17.9. The minimum atomic E-state index is -0.0780. The summed E-state index contributed by atoms with van der Waals surface area (Å²) in [5.74, 6) is 0.308. The number of hydrogen-bond donors (Lipinski definition) is 1. The van der Waals surface area contributed by atoms with Gasteiger partial charge in [-0.3, -0.25) is 4.79 Å². The smallest absolute Gasteiger partial charge is 0.275 e. The van der Waals surface area contributed by atoms with Crippen LogP contribution in [0.15, 0.2) is 34.9 Å². The molecule has 5 nitrogen and oxygen atoms in total. The Morgan fingerprint density at radius 2 is 2.11 bits per heavy atom. The summed E-state index contributed by atoms with van der Waals surface area (Å²) >= 11 is 0. The molecule has 0 saturated carbocycles. The highest BCUT2D eigenvalue weighted by molar-refractivity contribution is 5.93. The number of carbonyl (C=O) groups excluding carboxylic acids is 1. The van der Waals surface area contributed by atoms with E-state index in [1.807, 2.05) is 18.2 Å². The number of anilines is 1. The van der Waals surface area contributed by atoms with E-state index in [9.17, 15) is 4.79 Å². The summed E-state index contributed by atoms with van der Waals surface area (Å²) in [6.45, 7) is 1.60. The van der Waals surface area contributed by atoms with Crippen LogP contribution in [-0.2, 0) is 0 Å². The molecular weight excluding hydrogens is 230 g/mol. The number of nitrogens with two attached hydrogens (primary N) is 1. The third-order valence-corrected chi connectivity index (χ3v) is 3.06. The molecule has 1 fully saturated rings. The molecule has 5 heteroatoms. The molecule has 1 aliphatic heterocycles. The van der Waals surface area contributed by atoms with Gasteiger partial charge in [-0.05, 0) is 18.6 Å². The number of hydrogen-bond acceptors (Lipinski definition) is 4. The van der Waals surface area contributed by atoms with Gasteiger partial charge in [-0.15, -0.1) is 0 Å². The van der Waals surface area contributed by atoms with Gasteiger partial charge in [0, 0.05) is 18.8 Å². The molecule has 1 aromatic heterocycles. The van der Waals surface area contributed by atoms with Crippen molar-refractivity contribution in [3.63, 3.8) is 0 Å². The maximum absolute atomic E-state index is 11.9. The van der Waals surface area contributed by atoms with Crippen LogP contribution in [0.4, 0.5) is 5.69 Å². The number of rotatable bonds is 2. The molecule has 0 aliphatic carbocycles. The number of nitrogens with zero attached hydrogens (tertiary/aromatic N) is 2. The lowest BCUT2D eigenvalue weighted by atomic mass is 10.2. The van der Waals surface area contributed by atoms with Crippen molar-refractivity contribution < 1.29 is 9.21 Å². The molecule has 0 bridgehead atoms. The lowest BCUT2D eigenvalue weighted by Gasteiger charge is -2.29. The number of amides is 1. The van der Waals surface area contributed by atoms with E-state index in [1.165, 1.54) is 6.26 Å². The van der Waals surface area contributed by atoms with Gasteiger partial charge in [0.25, 0.3) is 5.91 Å². The molecule has 18 heavy (non-hydrogen) atoms. The van der Waals surface area contributed by atoms with Crippen LogP contribution in [0, 0.1) is 0 Å². The fraction of sp³-hybridized carbons (Fsp3) is 0.231. The SMILES string of the molecule is Nc1ccccc1-c1nc(C(=O)N2CCC2)co1. The minimum Gasteiger partial charge on any atom is -0.444 e. The number of oxazole rings is 1. The molecule has 1 aliphatic rings. The second kappa shape index (κ2) is 4.18. The molecule has 0 unspecified atom stereocenters. The second-order valence-corrected chi connectivity index (χ2v) is 4.27. The topological polar surface area (TPSA) is 72.4 Å². The van der Waals surface area contributed by atoms with Gasteiger partial charge < -0.3 is 15.1 Å². The first-order valence-electron chi connectivity index (χ1n) is 5.85. The van der Waals surface area contributed by atoms with E-state index in [0.29, 0.717) is 22.8 Å². The maximum Gasteiger partial charge on any atom is 0.275 e. The lowest BCUT2D eigenvalue weighted by Crippen LogP contribution is -2.42. The lowest BCUT2D eigenvalue weighted by molar-refractivity contribution is 0.0645. The van der Waals surface area contributed by atoms with E-state index >= 15 is 0 Å². The third-order valence-electron chi connectivity index (χ3n) is 3.06. The van der Waals surface area contributed by atoms with Crippen LogP contribution in [-0.4, -0.2) is 28.9 Å². The highest BCUT2D eigenvalue weighted by atomic mass is 16.3. The van der Waals surface area contributed by atoms with Crippen LogP contribution in [0.2, 0.25) is 0 Å². The first kappa shape index (κ1) is 10.8. The van der Waals surface area contributed by atoms with Crippen LogP contribution in [0.5, 0.6) is 0 Å². The molecule has 2 aromatic rings. The van der Waals surface area contributed by atoms with Gasteiger partial charge in [-0.2, -0.15) is 0 Å². The molecule has 1 amide bonds. The minimum absolute atomic E-state index is 0.0780. The standard InChI is InChI=1S/C13H13N3O2/c14-10-5-2-1-4-9(10)12-15-11(8-18-12)13(17)16-6-3-7-16/h1-2,4-5,8H,3,6-7,14H2. The van der Waals surface area contributed by atoms with Gasteiger partial charge in [0.1, 0.15) is 6.26 Å². The van der Waals surface area contributed by atoms with E-state index in [2.05, 4.69) is 4.98 Å².